The Labute approximate surface area is 94.2 Å². The number of benzene rings is 1. The fourth-order valence-corrected chi connectivity index (χ4v) is 1.75. The number of aromatic hydroxyl groups is 1. The first kappa shape index (κ1) is 11.0. The Morgan fingerprint density at radius 2 is 1.88 bits per heavy atom. The molecule has 0 aromatic heterocycles. The standard InChI is InChI=1S/C12H15NO3/c14-11-3-1-10(2-4-11)13-12(15)9-5-7-16-8-6-9/h1-4,9,14H,5-8H2,(H,13,15). The summed E-state index contributed by atoms with van der Waals surface area (Å²) >= 11 is 0. The van der Waals surface area contributed by atoms with Crippen molar-refractivity contribution in [3.05, 3.63) is 24.3 Å². The first-order valence-corrected chi connectivity index (χ1v) is 5.43. The molecule has 2 N–H and O–H groups in total. The van der Waals surface area contributed by atoms with Gasteiger partial charge in [0.1, 0.15) is 5.75 Å². The van der Waals surface area contributed by atoms with Gasteiger partial charge in [0.15, 0.2) is 0 Å². The van der Waals surface area contributed by atoms with Gasteiger partial charge in [-0.05, 0) is 37.1 Å². The quantitative estimate of drug-likeness (QED) is 0.748. The maximum absolute atomic E-state index is 11.8. The molecule has 1 aliphatic heterocycles. The van der Waals surface area contributed by atoms with Gasteiger partial charge in [-0.1, -0.05) is 0 Å². The van der Waals surface area contributed by atoms with E-state index in [2.05, 4.69) is 5.32 Å². The van der Waals surface area contributed by atoms with Crippen LogP contribution in [0.25, 0.3) is 0 Å². The summed E-state index contributed by atoms with van der Waals surface area (Å²) < 4.78 is 5.20. The van der Waals surface area contributed by atoms with Crippen molar-refractivity contribution in [2.24, 2.45) is 5.92 Å². The van der Waals surface area contributed by atoms with Gasteiger partial charge in [0, 0.05) is 24.8 Å². The molecule has 4 heteroatoms. The van der Waals surface area contributed by atoms with Gasteiger partial charge in [-0.2, -0.15) is 0 Å². The molecule has 16 heavy (non-hydrogen) atoms. The number of phenolic OH excluding ortho intramolecular Hbond substituents is 1. The van der Waals surface area contributed by atoms with E-state index >= 15 is 0 Å². The molecule has 0 saturated carbocycles. The number of carbonyl (C=O) groups is 1. The van der Waals surface area contributed by atoms with Gasteiger partial charge >= 0.3 is 0 Å². The third kappa shape index (κ3) is 2.73. The molecule has 0 bridgehead atoms. The smallest absolute Gasteiger partial charge is 0.227 e. The second-order valence-electron chi connectivity index (χ2n) is 3.92. The van der Waals surface area contributed by atoms with E-state index in [1.165, 1.54) is 0 Å². The van der Waals surface area contributed by atoms with Gasteiger partial charge in [0.25, 0.3) is 0 Å². The average Bonchev–Trinajstić information content (AvgIpc) is 2.33. The Morgan fingerprint density at radius 1 is 1.25 bits per heavy atom. The fraction of sp³-hybridized carbons (Fsp3) is 0.417. The van der Waals surface area contributed by atoms with E-state index in [1.807, 2.05) is 0 Å². The summed E-state index contributed by atoms with van der Waals surface area (Å²) in [4.78, 5) is 11.8. The molecule has 4 nitrogen and oxygen atoms in total. The molecule has 0 unspecified atom stereocenters. The lowest BCUT2D eigenvalue weighted by molar-refractivity contribution is -0.122. The molecule has 0 radical (unpaired) electrons. The average molecular weight is 221 g/mol. The molecule has 1 aromatic rings. The second-order valence-corrected chi connectivity index (χ2v) is 3.92. The monoisotopic (exact) mass is 221 g/mol. The van der Waals surface area contributed by atoms with Gasteiger partial charge in [0.05, 0.1) is 0 Å². The van der Waals surface area contributed by atoms with Crippen LogP contribution in [0.2, 0.25) is 0 Å². The third-order valence-electron chi connectivity index (χ3n) is 2.73. The number of amides is 1. The van der Waals surface area contributed by atoms with Gasteiger partial charge in [-0.15, -0.1) is 0 Å². The van der Waals surface area contributed by atoms with Crippen molar-refractivity contribution in [1.82, 2.24) is 0 Å². The summed E-state index contributed by atoms with van der Waals surface area (Å²) in [7, 11) is 0. The van der Waals surface area contributed by atoms with E-state index in [9.17, 15) is 4.79 Å². The maximum Gasteiger partial charge on any atom is 0.227 e. The van der Waals surface area contributed by atoms with Crippen molar-refractivity contribution >= 4 is 11.6 Å². The largest absolute Gasteiger partial charge is 0.508 e. The lowest BCUT2D eigenvalue weighted by Crippen LogP contribution is -2.28. The van der Waals surface area contributed by atoms with Crippen molar-refractivity contribution in [2.75, 3.05) is 18.5 Å². The molecule has 86 valence electrons. The summed E-state index contributed by atoms with van der Waals surface area (Å²) in [5.41, 5.74) is 0.717. The molecular weight excluding hydrogens is 206 g/mol. The zero-order chi connectivity index (χ0) is 11.4. The summed E-state index contributed by atoms with van der Waals surface area (Å²) in [5, 5.41) is 11.9. The van der Waals surface area contributed by atoms with Crippen LogP contribution in [0, 0.1) is 5.92 Å². The minimum Gasteiger partial charge on any atom is -0.508 e. The Balaban J connectivity index is 1.93. The summed E-state index contributed by atoms with van der Waals surface area (Å²) in [5.74, 6) is 0.278. The van der Waals surface area contributed by atoms with Crippen LogP contribution in [-0.2, 0) is 9.53 Å². The molecule has 1 heterocycles. The zero-order valence-corrected chi connectivity index (χ0v) is 8.98. The molecule has 1 aliphatic rings. The Morgan fingerprint density at radius 3 is 2.50 bits per heavy atom. The predicted molar refractivity (Wildman–Crippen MR) is 60.3 cm³/mol. The summed E-state index contributed by atoms with van der Waals surface area (Å²) in [6.45, 7) is 1.32. The molecule has 0 spiro atoms. The summed E-state index contributed by atoms with van der Waals surface area (Å²) in [6.07, 6.45) is 1.56. The number of ether oxygens (including phenoxy) is 1. The Hall–Kier alpha value is -1.55. The highest BCUT2D eigenvalue weighted by Crippen LogP contribution is 2.19. The molecule has 1 saturated heterocycles. The molecule has 1 fully saturated rings. The van der Waals surface area contributed by atoms with E-state index in [1.54, 1.807) is 24.3 Å². The highest BCUT2D eigenvalue weighted by molar-refractivity contribution is 5.92. The van der Waals surface area contributed by atoms with Crippen molar-refractivity contribution in [3.63, 3.8) is 0 Å². The van der Waals surface area contributed by atoms with Crippen molar-refractivity contribution in [1.29, 1.82) is 0 Å². The first-order valence-electron chi connectivity index (χ1n) is 5.43. The maximum atomic E-state index is 11.8. The zero-order valence-electron chi connectivity index (χ0n) is 8.98. The minimum atomic E-state index is 0.0361. The number of hydrogen-bond donors (Lipinski definition) is 2. The number of anilines is 1. The Bertz CT molecular complexity index is 355. The number of phenols is 1. The van der Waals surface area contributed by atoms with Gasteiger partial charge in [-0.3, -0.25) is 4.79 Å². The van der Waals surface area contributed by atoms with Crippen LogP contribution in [0.5, 0.6) is 5.75 Å². The van der Waals surface area contributed by atoms with Gasteiger partial charge in [0.2, 0.25) is 5.91 Å². The fourth-order valence-electron chi connectivity index (χ4n) is 1.75. The Kier molecular flexibility index (Phi) is 3.41. The highest BCUT2D eigenvalue weighted by atomic mass is 16.5. The molecule has 0 atom stereocenters. The van der Waals surface area contributed by atoms with Crippen LogP contribution < -0.4 is 5.32 Å². The number of nitrogens with one attached hydrogen (secondary N) is 1. The van der Waals surface area contributed by atoms with Crippen LogP contribution in [-0.4, -0.2) is 24.2 Å². The molecule has 2 rings (SSSR count). The van der Waals surface area contributed by atoms with E-state index in [4.69, 9.17) is 9.84 Å². The summed E-state index contributed by atoms with van der Waals surface area (Å²) in [6, 6.07) is 6.48. The molecule has 0 aliphatic carbocycles. The lowest BCUT2D eigenvalue weighted by atomic mass is 9.99. The molecule has 1 aromatic carbocycles. The number of rotatable bonds is 2. The predicted octanol–water partition coefficient (Wildman–Crippen LogP) is 1.76. The van der Waals surface area contributed by atoms with Gasteiger partial charge in [-0.25, -0.2) is 0 Å². The molecule has 1 amide bonds. The van der Waals surface area contributed by atoms with Crippen LogP contribution >= 0.6 is 0 Å². The highest BCUT2D eigenvalue weighted by Gasteiger charge is 2.21. The van der Waals surface area contributed by atoms with Gasteiger partial charge < -0.3 is 15.2 Å². The minimum absolute atomic E-state index is 0.0361. The van der Waals surface area contributed by atoms with E-state index in [-0.39, 0.29) is 17.6 Å². The van der Waals surface area contributed by atoms with Crippen molar-refractivity contribution in [3.8, 4) is 5.75 Å². The second kappa shape index (κ2) is 4.99. The lowest BCUT2D eigenvalue weighted by Gasteiger charge is -2.21. The normalized spacial score (nSPS) is 17.0. The van der Waals surface area contributed by atoms with Crippen LogP contribution in [0.3, 0.4) is 0 Å². The van der Waals surface area contributed by atoms with E-state index in [0.29, 0.717) is 18.9 Å². The van der Waals surface area contributed by atoms with Crippen molar-refractivity contribution < 1.29 is 14.6 Å². The van der Waals surface area contributed by atoms with Crippen molar-refractivity contribution in [2.45, 2.75) is 12.8 Å². The SMILES string of the molecule is O=C(Nc1ccc(O)cc1)C1CCOCC1. The van der Waals surface area contributed by atoms with E-state index in [0.717, 1.165) is 12.8 Å². The first-order chi connectivity index (χ1) is 7.75. The van der Waals surface area contributed by atoms with Crippen LogP contribution in [0.1, 0.15) is 12.8 Å². The van der Waals surface area contributed by atoms with Crippen LogP contribution in [0.4, 0.5) is 5.69 Å². The molecular formula is C12H15NO3. The number of hydrogen-bond acceptors (Lipinski definition) is 3. The van der Waals surface area contributed by atoms with E-state index < -0.39 is 0 Å². The topological polar surface area (TPSA) is 58.6 Å². The third-order valence-corrected chi connectivity index (χ3v) is 2.73. The van der Waals surface area contributed by atoms with Crippen LogP contribution in [0.15, 0.2) is 24.3 Å². The number of carbonyl (C=O) groups excluding carboxylic acids is 1.